The molecule has 1 heterocycles. The van der Waals surface area contributed by atoms with Crippen LogP contribution in [0.3, 0.4) is 0 Å². The highest BCUT2D eigenvalue weighted by molar-refractivity contribution is 5.98. The molecule has 1 aliphatic rings. The molecule has 0 spiro atoms. The Morgan fingerprint density at radius 1 is 1.16 bits per heavy atom. The van der Waals surface area contributed by atoms with Crippen LogP contribution in [0.25, 0.3) is 0 Å². The molecule has 1 aliphatic heterocycles. The van der Waals surface area contributed by atoms with Crippen LogP contribution < -0.4 is 10.6 Å². The predicted molar refractivity (Wildman–Crippen MR) is 98.4 cm³/mol. The third-order valence-electron chi connectivity index (χ3n) is 4.90. The average molecular weight is 346 g/mol. The first-order valence-corrected chi connectivity index (χ1v) is 9.14. The van der Waals surface area contributed by atoms with E-state index in [4.69, 9.17) is 4.74 Å². The molecule has 0 aliphatic carbocycles. The summed E-state index contributed by atoms with van der Waals surface area (Å²) in [6.45, 7) is 9.28. The molecule has 2 amide bonds. The van der Waals surface area contributed by atoms with Crippen LogP contribution in [0, 0.1) is 18.8 Å². The summed E-state index contributed by atoms with van der Waals surface area (Å²) in [7, 11) is 0. The van der Waals surface area contributed by atoms with Gasteiger partial charge >= 0.3 is 0 Å². The molecule has 2 N–H and O–H groups in total. The molecule has 0 bridgehead atoms. The van der Waals surface area contributed by atoms with Gasteiger partial charge in [-0.25, -0.2) is 0 Å². The number of ether oxygens (including phenoxy) is 1. The van der Waals surface area contributed by atoms with Crippen LogP contribution in [-0.2, 0) is 9.53 Å². The SMILES string of the molecule is Cc1ccccc1C(=O)N[C@H](C(=O)N[C@@H](C)[C@@H]1CCCOC1)C(C)C. The fourth-order valence-electron chi connectivity index (χ4n) is 3.17. The largest absolute Gasteiger partial charge is 0.381 e. The van der Waals surface area contributed by atoms with E-state index in [-0.39, 0.29) is 23.8 Å². The number of carbonyl (C=O) groups is 2. The highest BCUT2D eigenvalue weighted by atomic mass is 16.5. The van der Waals surface area contributed by atoms with E-state index in [2.05, 4.69) is 10.6 Å². The molecule has 2 rings (SSSR count). The van der Waals surface area contributed by atoms with Crippen molar-refractivity contribution in [1.29, 1.82) is 0 Å². The van der Waals surface area contributed by atoms with Gasteiger partial charge in [-0.05, 0) is 44.2 Å². The Balaban J connectivity index is 2.00. The summed E-state index contributed by atoms with van der Waals surface area (Å²) in [4.78, 5) is 25.3. The second kappa shape index (κ2) is 8.99. The molecule has 1 fully saturated rings. The molecular weight excluding hydrogens is 316 g/mol. The zero-order chi connectivity index (χ0) is 18.4. The van der Waals surface area contributed by atoms with Crippen molar-refractivity contribution in [1.82, 2.24) is 10.6 Å². The smallest absolute Gasteiger partial charge is 0.252 e. The molecule has 1 aromatic carbocycles. The summed E-state index contributed by atoms with van der Waals surface area (Å²) in [5, 5.41) is 5.97. The van der Waals surface area contributed by atoms with Gasteiger partial charge in [0.1, 0.15) is 6.04 Å². The number of aryl methyl sites for hydroxylation is 1. The number of benzene rings is 1. The van der Waals surface area contributed by atoms with Crippen LogP contribution >= 0.6 is 0 Å². The fourth-order valence-corrected chi connectivity index (χ4v) is 3.17. The first-order valence-electron chi connectivity index (χ1n) is 9.14. The lowest BCUT2D eigenvalue weighted by Crippen LogP contribution is -2.53. The van der Waals surface area contributed by atoms with Gasteiger partial charge in [0, 0.05) is 24.1 Å². The van der Waals surface area contributed by atoms with Crippen LogP contribution in [0.5, 0.6) is 0 Å². The Labute approximate surface area is 150 Å². The molecule has 5 heteroatoms. The van der Waals surface area contributed by atoms with Gasteiger partial charge in [0.25, 0.3) is 5.91 Å². The van der Waals surface area contributed by atoms with E-state index >= 15 is 0 Å². The number of nitrogens with one attached hydrogen (secondary N) is 2. The van der Waals surface area contributed by atoms with Crippen LogP contribution in [0.2, 0.25) is 0 Å². The number of rotatable bonds is 6. The third kappa shape index (κ3) is 5.30. The number of hydrogen-bond donors (Lipinski definition) is 2. The highest BCUT2D eigenvalue weighted by Gasteiger charge is 2.28. The van der Waals surface area contributed by atoms with Crippen molar-refractivity contribution in [3.05, 3.63) is 35.4 Å². The quantitative estimate of drug-likeness (QED) is 0.832. The second-order valence-corrected chi connectivity index (χ2v) is 7.28. The fraction of sp³-hybridized carbons (Fsp3) is 0.600. The summed E-state index contributed by atoms with van der Waals surface area (Å²) >= 11 is 0. The van der Waals surface area contributed by atoms with Crippen molar-refractivity contribution in [3.63, 3.8) is 0 Å². The average Bonchev–Trinajstić information content (AvgIpc) is 2.60. The number of amides is 2. The van der Waals surface area contributed by atoms with Gasteiger partial charge in [-0.2, -0.15) is 0 Å². The Morgan fingerprint density at radius 2 is 1.88 bits per heavy atom. The van der Waals surface area contributed by atoms with Crippen molar-refractivity contribution in [3.8, 4) is 0 Å². The zero-order valence-corrected chi connectivity index (χ0v) is 15.7. The van der Waals surface area contributed by atoms with E-state index in [0.29, 0.717) is 18.1 Å². The molecule has 0 unspecified atom stereocenters. The lowest BCUT2D eigenvalue weighted by atomic mass is 9.94. The maximum atomic E-state index is 12.7. The van der Waals surface area contributed by atoms with Crippen molar-refractivity contribution in [2.75, 3.05) is 13.2 Å². The minimum Gasteiger partial charge on any atom is -0.381 e. The summed E-state index contributed by atoms with van der Waals surface area (Å²) in [6, 6.07) is 6.87. The van der Waals surface area contributed by atoms with E-state index in [1.54, 1.807) is 6.07 Å². The predicted octanol–water partition coefficient (Wildman–Crippen LogP) is 2.68. The monoisotopic (exact) mass is 346 g/mol. The van der Waals surface area contributed by atoms with E-state index in [0.717, 1.165) is 25.0 Å². The zero-order valence-electron chi connectivity index (χ0n) is 15.7. The molecule has 3 atom stereocenters. The van der Waals surface area contributed by atoms with Gasteiger partial charge in [-0.1, -0.05) is 32.0 Å². The molecule has 1 aromatic rings. The Morgan fingerprint density at radius 3 is 2.48 bits per heavy atom. The Hall–Kier alpha value is -1.88. The summed E-state index contributed by atoms with van der Waals surface area (Å²) in [6.07, 6.45) is 2.09. The van der Waals surface area contributed by atoms with Gasteiger partial charge in [-0.15, -0.1) is 0 Å². The molecule has 138 valence electrons. The van der Waals surface area contributed by atoms with Gasteiger partial charge in [-0.3, -0.25) is 9.59 Å². The van der Waals surface area contributed by atoms with Crippen LogP contribution in [0.15, 0.2) is 24.3 Å². The van der Waals surface area contributed by atoms with Crippen LogP contribution in [0.4, 0.5) is 0 Å². The van der Waals surface area contributed by atoms with Crippen molar-refractivity contribution >= 4 is 11.8 Å². The maximum absolute atomic E-state index is 12.7. The molecule has 0 radical (unpaired) electrons. The van der Waals surface area contributed by atoms with E-state index in [1.165, 1.54) is 0 Å². The molecule has 5 nitrogen and oxygen atoms in total. The minimum atomic E-state index is -0.556. The van der Waals surface area contributed by atoms with Crippen LogP contribution in [-0.4, -0.2) is 37.1 Å². The Kier molecular flexibility index (Phi) is 7.00. The lowest BCUT2D eigenvalue weighted by molar-refractivity contribution is -0.125. The second-order valence-electron chi connectivity index (χ2n) is 7.28. The number of carbonyl (C=O) groups excluding carboxylic acids is 2. The molecular formula is C20H30N2O3. The van der Waals surface area contributed by atoms with Crippen molar-refractivity contribution in [2.45, 2.75) is 52.6 Å². The van der Waals surface area contributed by atoms with Crippen molar-refractivity contribution < 1.29 is 14.3 Å². The van der Waals surface area contributed by atoms with E-state index in [9.17, 15) is 9.59 Å². The topological polar surface area (TPSA) is 67.4 Å². The molecule has 1 saturated heterocycles. The third-order valence-corrected chi connectivity index (χ3v) is 4.90. The van der Waals surface area contributed by atoms with Gasteiger partial charge < -0.3 is 15.4 Å². The minimum absolute atomic E-state index is 0.00257. The summed E-state index contributed by atoms with van der Waals surface area (Å²) in [5.41, 5.74) is 1.50. The van der Waals surface area contributed by atoms with Crippen molar-refractivity contribution in [2.24, 2.45) is 11.8 Å². The lowest BCUT2D eigenvalue weighted by Gasteiger charge is -2.30. The molecule has 0 aromatic heterocycles. The maximum Gasteiger partial charge on any atom is 0.252 e. The molecule has 0 saturated carbocycles. The van der Waals surface area contributed by atoms with Gasteiger partial charge in [0.15, 0.2) is 0 Å². The van der Waals surface area contributed by atoms with Crippen LogP contribution in [0.1, 0.15) is 49.5 Å². The normalized spacial score (nSPS) is 20.0. The summed E-state index contributed by atoms with van der Waals surface area (Å²) < 4.78 is 5.51. The standard InChI is InChI=1S/C20H30N2O3/c1-13(2)18(22-19(23)17-10-6-5-8-14(17)3)20(24)21-15(4)16-9-7-11-25-12-16/h5-6,8,10,13,15-16,18H,7,9,11-12H2,1-4H3,(H,21,24)(H,22,23)/t15-,16+,18-/m0/s1. The first kappa shape index (κ1) is 19.4. The van der Waals surface area contributed by atoms with E-state index in [1.807, 2.05) is 45.9 Å². The number of hydrogen-bond acceptors (Lipinski definition) is 3. The van der Waals surface area contributed by atoms with Gasteiger partial charge in [0.05, 0.1) is 6.61 Å². The Bertz CT molecular complexity index is 594. The van der Waals surface area contributed by atoms with E-state index < -0.39 is 6.04 Å². The first-order chi connectivity index (χ1) is 11.9. The summed E-state index contributed by atoms with van der Waals surface area (Å²) in [5.74, 6) is -0.00374. The molecule has 25 heavy (non-hydrogen) atoms. The highest BCUT2D eigenvalue weighted by Crippen LogP contribution is 2.18. The van der Waals surface area contributed by atoms with Gasteiger partial charge in [0.2, 0.25) is 5.91 Å².